The number of anilines is 2. The highest BCUT2D eigenvalue weighted by Gasteiger charge is 2.21. The van der Waals surface area contributed by atoms with Crippen LogP contribution in [0.4, 0.5) is 11.5 Å². The van der Waals surface area contributed by atoms with Crippen molar-refractivity contribution in [2.45, 2.75) is 18.6 Å². The molecule has 0 radical (unpaired) electrons. The van der Waals surface area contributed by atoms with Gasteiger partial charge in [0.1, 0.15) is 30.7 Å². The van der Waals surface area contributed by atoms with Gasteiger partial charge >= 0.3 is 0 Å². The van der Waals surface area contributed by atoms with Crippen LogP contribution >= 0.6 is 33.1 Å². The van der Waals surface area contributed by atoms with Crippen LogP contribution in [0, 0.1) is 0 Å². The molecule has 0 aliphatic heterocycles. The van der Waals surface area contributed by atoms with Gasteiger partial charge in [-0.25, -0.2) is 28.4 Å². The maximum Gasteiger partial charge on any atom is 0.233 e. The Labute approximate surface area is 337 Å². The first-order valence-corrected chi connectivity index (χ1v) is 21.1. The van der Waals surface area contributed by atoms with E-state index in [-0.39, 0.29) is 23.8 Å². The number of rotatable bonds is 15. The second-order valence-corrected chi connectivity index (χ2v) is 16.3. The molecule has 2 atom stereocenters. The summed E-state index contributed by atoms with van der Waals surface area (Å²) in [5.41, 5.74) is 9.74. The standard InChI is InChI=1S/C18H22N4O4S.C17H19N3O2.C2H4Cl2O2S/c1-5-13(22-27(23,24)6-2)8-7-9-19-18-14-10-16(25-3)17(26-4)11-15(14)20-12-21-18;1-21-16-8-13-14(7-11-3-5-12(18)6-4-11)19-10-20-15(13)9-17(16)22-2;3-1-2-7(4,5)6/h5-12,22-24H,1-2H2,3-4H3,(H,19,20,21);3-6,8-10,16-17H,7,18H2,1-2H3;1-2H2/b9-7+,13-8+;;. The van der Waals surface area contributed by atoms with E-state index in [2.05, 4.69) is 43.1 Å². The molecule has 1 aliphatic carbocycles. The van der Waals surface area contributed by atoms with Crippen molar-refractivity contribution in [3.05, 3.63) is 120 Å². The van der Waals surface area contributed by atoms with Gasteiger partial charge in [0, 0.05) is 71.2 Å². The van der Waals surface area contributed by atoms with Crippen molar-refractivity contribution in [2.75, 3.05) is 51.1 Å². The van der Waals surface area contributed by atoms with Crippen LogP contribution in [0.1, 0.15) is 11.3 Å². The summed E-state index contributed by atoms with van der Waals surface area (Å²) in [6.07, 6.45) is 13.9. The van der Waals surface area contributed by atoms with Gasteiger partial charge in [-0.15, -0.1) is 11.6 Å². The third-order valence-corrected chi connectivity index (χ3v) is 10.2. The number of halogens is 2. The van der Waals surface area contributed by atoms with Gasteiger partial charge in [0.2, 0.25) is 9.05 Å². The van der Waals surface area contributed by atoms with E-state index < -0.39 is 19.8 Å². The number of nitrogen functional groups attached to an aromatic ring is 1. The van der Waals surface area contributed by atoms with Gasteiger partial charge < -0.3 is 30.0 Å². The average Bonchev–Trinajstić information content (AvgIpc) is 3.18. The van der Waals surface area contributed by atoms with Crippen molar-refractivity contribution >= 4 is 76.7 Å². The number of nitrogens with one attached hydrogen (secondary N) is 2. The van der Waals surface area contributed by atoms with Crippen molar-refractivity contribution < 1.29 is 36.5 Å². The summed E-state index contributed by atoms with van der Waals surface area (Å²) in [5.74, 6) is 1.63. The topological polar surface area (TPSA) is 213 Å². The molecule has 0 saturated heterocycles. The summed E-state index contributed by atoms with van der Waals surface area (Å²) < 4.78 is 63.1. The van der Waals surface area contributed by atoms with Gasteiger partial charge in [-0.3, -0.25) is 13.8 Å². The van der Waals surface area contributed by atoms with Gasteiger partial charge in [-0.1, -0.05) is 36.1 Å². The minimum absolute atomic E-state index is 0.0613. The molecule has 5 rings (SSSR count). The zero-order valence-electron chi connectivity index (χ0n) is 31.1. The number of allylic oxidation sites excluding steroid dienone is 3. The fourth-order valence-corrected chi connectivity index (χ4v) is 6.72. The Morgan fingerprint density at radius 2 is 1.59 bits per heavy atom. The first-order valence-electron chi connectivity index (χ1n) is 16.4. The molecule has 6 N–H and O–H groups in total. The zero-order chi connectivity index (χ0) is 41.3. The van der Waals surface area contributed by atoms with Crippen LogP contribution in [-0.4, -0.2) is 89.7 Å². The number of nitrogens with zero attached hydrogens (tertiary/aromatic N) is 4. The molecule has 0 spiro atoms. The van der Waals surface area contributed by atoms with E-state index in [1.165, 1.54) is 12.4 Å². The molecule has 2 aromatic carbocycles. The van der Waals surface area contributed by atoms with E-state index in [1.807, 2.05) is 36.4 Å². The molecule has 4 aromatic rings. The lowest BCUT2D eigenvalue weighted by Gasteiger charge is -2.29. The van der Waals surface area contributed by atoms with Gasteiger partial charge in [-0.2, -0.15) is 0 Å². The third-order valence-electron chi connectivity index (χ3n) is 7.64. The van der Waals surface area contributed by atoms with Crippen molar-refractivity contribution in [1.82, 2.24) is 24.7 Å². The fraction of sp³-hybridized carbons (Fsp3) is 0.243. The Kier molecular flexibility index (Phi) is 18.0. The smallest absolute Gasteiger partial charge is 0.233 e. The van der Waals surface area contributed by atoms with Crippen molar-refractivity contribution in [3.63, 3.8) is 0 Å². The maximum atomic E-state index is 9.91. The van der Waals surface area contributed by atoms with Crippen LogP contribution in [0.15, 0.2) is 97.7 Å². The number of ether oxygens (including phenoxy) is 4. The summed E-state index contributed by atoms with van der Waals surface area (Å²) in [7, 11) is 4.76. The quantitative estimate of drug-likeness (QED) is 0.0456. The molecule has 2 unspecified atom stereocenters. The Balaban J connectivity index is 0.000000260. The number of aromatic nitrogens is 4. The normalized spacial score (nSPS) is 15.4. The number of hydrogen-bond acceptors (Lipinski definition) is 15. The lowest BCUT2D eigenvalue weighted by atomic mass is 10.0. The highest BCUT2D eigenvalue weighted by atomic mass is 35.7. The van der Waals surface area contributed by atoms with Gasteiger partial charge in [0.15, 0.2) is 11.5 Å². The maximum absolute atomic E-state index is 9.91. The molecule has 0 bridgehead atoms. The van der Waals surface area contributed by atoms with Crippen LogP contribution in [0.2, 0.25) is 0 Å². The lowest BCUT2D eigenvalue weighted by molar-refractivity contribution is 0.0303. The molecule has 56 heavy (non-hydrogen) atoms. The molecule has 2 aromatic heterocycles. The molecular formula is C37H45Cl2N7O8S2. The van der Waals surface area contributed by atoms with Crippen molar-refractivity contribution in [1.29, 1.82) is 0 Å². The SMILES string of the molecule is C=C/C(=C\C=C\Nc1ncnc2cc(OC)c(OC)cc12)NS(O)(O)C=C.COC1C=c2ncnc(Cc3ccc(N)cc3)c2=CC1OC.O=S(=O)(Cl)CCCl. The van der Waals surface area contributed by atoms with Crippen LogP contribution in [0.25, 0.3) is 23.1 Å². The van der Waals surface area contributed by atoms with Crippen molar-refractivity contribution in [3.8, 4) is 11.5 Å². The van der Waals surface area contributed by atoms with E-state index in [9.17, 15) is 17.5 Å². The highest BCUT2D eigenvalue weighted by molar-refractivity contribution is 8.25. The number of nitrogens with two attached hydrogens (primary N) is 1. The first-order chi connectivity index (χ1) is 26.7. The number of benzene rings is 2. The lowest BCUT2D eigenvalue weighted by Crippen LogP contribution is -2.43. The second-order valence-electron chi connectivity index (χ2n) is 11.3. The Morgan fingerprint density at radius 1 is 0.946 bits per heavy atom. The number of hydrogen-bond donors (Lipinski definition) is 5. The van der Waals surface area contributed by atoms with Crippen LogP contribution in [-0.2, 0) is 24.9 Å². The monoisotopic (exact) mass is 849 g/mol. The van der Waals surface area contributed by atoms with E-state index in [0.29, 0.717) is 28.5 Å². The summed E-state index contributed by atoms with van der Waals surface area (Å²) >= 11 is 5.02. The number of fused-ring (bicyclic) bond motifs is 2. The third kappa shape index (κ3) is 14.1. The predicted octanol–water partition coefficient (Wildman–Crippen LogP) is 5.09. The largest absolute Gasteiger partial charge is 0.493 e. The Morgan fingerprint density at radius 3 is 2.16 bits per heavy atom. The fourth-order valence-electron chi connectivity index (χ4n) is 4.87. The molecule has 2 heterocycles. The summed E-state index contributed by atoms with van der Waals surface area (Å²) in [4.78, 5) is 17.3. The van der Waals surface area contributed by atoms with E-state index in [1.54, 1.807) is 65.3 Å². The molecular weight excluding hydrogens is 805 g/mol. The Hall–Kier alpha value is -4.72. The molecule has 15 nitrogen and oxygen atoms in total. The van der Waals surface area contributed by atoms with Crippen molar-refractivity contribution in [2.24, 2.45) is 0 Å². The van der Waals surface area contributed by atoms with Gasteiger partial charge in [0.05, 0.1) is 42.2 Å². The zero-order valence-corrected chi connectivity index (χ0v) is 34.3. The number of alkyl halides is 1. The summed E-state index contributed by atoms with van der Waals surface area (Å²) in [6.45, 7) is 6.98. The average molecular weight is 851 g/mol. The minimum atomic E-state index is -3.33. The second kappa shape index (κ2) is 22.1. The van der Waals surface area contributed by atoms with E-state index in [0.717, 1.165) is 44.7 Å². The predicted molar refractivity (Wildman–Crippen MR) is 226 cm³/mol. The first kappa shape index (κ1) is 45.7. The van der Waals surface area contributed by atoms with E-state index in [4.69, 9.17) is 47.0 Å². The minimum Gasteiger partial charge on any atom is -0.493 e. The highest BCUT2D eigenvalue weighted by Crippen LogP contribution is 2.36. The molecule has 0 saturated carbocycles. The van der Waals surface area contributed by atoms with Gasteiger partial charge in [-0.05, 0) is 54.1 Å². The van der Waals surface area contributed by atoms with Gasteiger partial charge in [0.25, 0.3) is 0 Å². The Bertz CT molecular complexity index is 2240. The summed E-state index contributed by atoms with van der Waals surface area (Å²) in [6, 6.07) is 11.4. The molecule has 0 fully saturated rings. The number of methoxy groups -OCH3 is 4. The molecule has 19 heteroatoms. The summed E-state index contributed by atoms with van der Waals surface area (Å²) in [5, 5.41) is 6.76. The molecule has 0 amide bonds. The van der Waals surface area contributed by atoms with Crippen LogP contribution in [0.3, 0.4) is 0 Å². The molecule has 302 valence electrons. The molecule has 1 aliphatic rings. The van der Waals surface area contributed by atoms with E-state index >= 15 is 0 Å². The van der Waals surface area contributed by atoms with Crippen LogP contribution in [0.5, 0.6) is 11.5 Å². The van der Waals surface area contributed by atoms with Crippen LogP contribution < -0.4 is 35.8 Å².